The molecule has 2 N–H and O–H groups in total. The molecule has 0 bridgehead atoms. The van der Waals surface area contributed by atoms with Gasteiger partial charge in [-0.15, -0.1) is 0 Å². The number of ether oxygens (including phenoxy) is 2. The van der Waals surface area contributed by atoms with Gasteiger partial charge in [0.25, 0.3) is 0 Å². The van der Waals surface area contributed by atoms with Gasteiger partial charge >= 0.3 is 0 Å². The number of nitrogens with one attached hydrogen (secondary N) is 2. The smallest absolute Gasteiger partial charge is 0.215 e. The van der Waals surface area contributed by atoms with Gasteiger partial charge < -0.3 is 14.8 Å². The van der Waals surface area contributed by atoms with E-state index in [2.05, 4.69) is 10.0 Å². The van der Waals surface area contributed by atoms with E-state index in [0.29, 0.717) is 39.3 Å². The maximum absolute atomic E-state index is 11.9. The first-order chi connectivity index (χ1) is 8.67. The van der Waals surface area contributed by atoms with Crippen LogP contribution >= 0.6 is 0 Å². The molecule has 1 saturated heterocycles. The van der Waals surface area contributed by atoms with Crippen LogP contribution in [0.3, 0.4) is 0 Å². The molecular weight excluding hydrogens is 256 g/mol. The largest absolute Gasteiger partial charge is 0.382 e. The summed E-state index contributed by atoms with van der Waals surface area (Å²) in [6, 6.07) is 0. The summed E-state index contributed by atoms with van der Waals surface area (Å²) >= 11 is 0. The summed E-state index contributed by atoms with van der Waals surface area (Å²) in [7, 11) is -1.55. The molecular formula is C11H24N2O4S. The zero-order chi connectivity index (χ0) is 13.3. The van der Waals surface area contributed by atoms with E-state index < -0.39 is 10.0 Å². The van der Waals surface area contributed by atoms with Crippen molar-refractivity contribution in [2.24, 2.45) is 0 Å². The summed E-state index contributed by atoms with van der Waals surface area (Å²) in [5, 5.41) is 2.82. The molecule has 0 spiro atoms. The molecule has 1 aliphatic heterocycles. The summed E-state index contributed by atoms with van der Waals surface area (Å²) in [5.74, 6) is 0. The number of sulfonamides is 1. The van der Waals surface area contributed by atoms with E-state index in [4.69, 9.17) is 9.47 Å². The Morgan fingerprint density at radius 3 is 2.83 bits per heavy atom. The van der Waals surface area contributed by atoms with Crippen LogP contribution in [0.4, 0.5) is 0 Å². The van der Waals surface area contributed by atoms with Gasteiger partial charge in [-0.05, 0) is 25.8 Å². The first-order valence-electron chi connectivity index (χ1n) is 6.42. The van der Waals surface area contributed by atoms with Crippen LogP contribution in [0.5, 0.6) is 0 Å². The van der Waals surface area contributed by atoms with Crippen molar-refractivity contribution >= 4 is 10.0 Å². The Bertz CT molecular complexity index is 302. The minimum Gasteiger partial charge on any atom is -0.382 e. The van der Waals surface area contributed by atoms with Gasteiger partial charge in [0, 0.05) is 26.8 Å². The van der Waals surface area contributed by atoms with Gasteiger partial charge in [0.1, 0.15) is 0 Å². The van der Waals surface area contributed by atoms with Crippen LogP contribution in [0, 0.1) is 0 Å². The predicted octanol–water partition coefficient (Wildman–Crippen LogP) is -0.289. The van der Waals surface area contributed by atoms with Crippen LogP contribution < -0.4 is 10.0 Å². The molecule has 6 nitrogen and oxygen atoms in total. The number of rotatable bonds is 9. The van der Waals surface area contributed by atoms with Crippen molar-refractivity contribution in [2.45, 2.75) is 24.5 Å². The van der Waals surface area contributed by atoms with Gasteiger partial charge in [0.15, 0.2) is 0 Å². The minimum absolute atomic E-state index is 0.291. The predicted molar refractivity (Wildman–Crippen MR) is 70.1 cm³/mol. The number of hydrogen-bond donors (Lipinski definition) is 2. The molecule has 7 heteroatoms. The average Bonchev–Trinajstić information content (AvgIpc) is 2.39. The fourth-order valence-electron chi connectivity index (χ4n) is 1.84. The SMILES string of the molecule is COCCOCCCNS(=O)(=O)C1CCCNC1. The van der Waals surface area contributed by atoms with Gasteiger partial charge in [0.2, 0.25) is 10.0 Å². The van der Waals surface area contributed by atoms with Crippen molar-refractivity contribution in [3.63, 3.8) is 0 Å². The molecule has 0 aromatic carbocycles. The van der Waals surface area contributed by atoms with E-state index in [9.17, 15) is 8.42 Å². The molecule has 0 aliphatic carbocycles. The number of hydrogen-bond acceptors (Lipinski definition) is 5. The van der Waals surface area contributed by atoms with Crippen LogP contribution in [0.25, 0.3) is 0 Å². The zero-order valence-electron chi connectivity index (χ0n) is 11.0. The highest BCUT2D eigenvalue weighted by atomic mass is 32.2. The van der Waals surface area contributed by atoms with Crippen molar-refractivity contribution in [2.75, 3.05) is 46.6 Å². The molecule has 1 heterocycles. The van der Waals surface area contributed by atoms with Crippen molar-refractivity contribution in [3.8, 4) is 0 Å². The Kier molecular flexibility index (Phi) is 7.76. The minimum atomic E-state index is -3.17. The maximum Gasteiger partial charge on any atom is 0.215 e. The molecule has 1 fully saturated rings. The number of piperidine rings is 1. The van der Waals surface area contributed by atoms with Gasteiger partial charge in [0.05, 0.1) is 18.5 Å². The molecule has 1 aliphatic rings. The maximum atomic E-state index is 11.9. The zero-order valence-corrected chi connectivity index (χ0v) is 11.8. The Morgan fingerprint density at radius 1 is 1.33 bits per heavy atom. The first-order valence-corrected chi connectivity index (χ1v) is 7.97. The van der Waals surface area contributed by atoms with Crippen molar-refractivity contribution in [1.82, 2.24) is 10.0 Å². The summed E-state index contributed by atoms with van der Waals surface area (Å²) in [6.07, 6.45) is 2.35. The van der Waals surface area contributed by atoms with Crippen molar-refractivity contribution in [3.05, 3.63) is 0 Å². The average molecular weight is 280 g/mol. The van der Waals surface area contributed by atoms with Gasteiger partial charge in [-0.3, -0.25) is 0 Å². The monoisotopic (exact) mass is 280 g/mol. The molecule has 0 saturated carbocycles. The van der Waals surface area contributed by atoms with Gasteiger partial charge in [-0.25, -0.2) is 13.1 Å². The van der Waals surface area contributed by atoms with E-state index in [1.165, 1.54) is 0 Å². The number of methoxy groups -OCH3 is 1. The molecule has 1 unspecified atom stereocenters. The molecule has 1 rings (SSSR count). The lowest BCUT2D eigenvalue weighted by atomic mass is 10.2. The van der Waals surface area contributed by atoms with E-state index in [1.54, 1.807) is 7.11 Å². The second kappa shape index (κ2) is 8.82. The third-order valence-corrected chi connectivity index (χ3v) is 4.78. The third kappa shape index (κ3) is 6.10. The third-order valence-electron chi connectivity index (χ3n) is 2.89. The summed E-state index contributed by atoms with van der Waals surface area (Å²) in [4.78, 5) is 0. The summed E-state index contributed by atoms with van der Waals surface area (Å²) < 4.78 is 36.6. The van der Waals surface area contributed by atoms with Crippen LogP contribution in [0.15, 0.2) is 0 Å². The second-order valence-corrected chi connectivity index (χ2v) is 6.41. The van der Waals surface area contributed by atoms with E-state index in [-0.39, 0.29) is 5.25 Å². The Labute approximate surface area is 109 Å². The molecule has 0 aromatic rings. The molecule has 108 valence electrons. The van der Waals surface area contributed by atoms with E-state index in [1.807, 2.05) is 0 Å². The van der Waals surface area contributed by atoms with Gasteiger partial charge in [-0.1, -0.05) is 0 Å². The summed E-state index contributed by atoms with van der Waals surface area (Å²) in [6.45, 7) is 3.58. The standard InChI is InChI=1S/C11H24N2O4S/c1-16-8-9-17-7-3-6-13-18(14,15)11-4-2-5-12-10-11/h11-13H,2-10H2,1H3. The highest BCUT2D eigenvalue weighted by molar-refractivity contribution is 7.90. The quantitative estimate of drug-likeness (QED) is 0.568. The first kappa shape index (κ1) is 15.8. The normalized spacial score (nSPS) is 21.1. The Hall–Kier alpha value is -0.210. The van der Waals surface area contributed by atoms with Crippen LogP contribution in [-0.4, -0.2) is 60.2 Å². The lowest BCUT2D eigenvalue weighted by Gasteiger charge is -2.22. The van der Waals surface area contributed by atoms with Crippen LogP contribution in [-0.2, 0) is 19.5 Å². The molecule has 0 radical (unpaired) electrons. The van der Waals surface area contributed by atoms with Crippen LogP contribution in [0.1, 0.15) is 19.3 Å². The molecule has 18 heavy (non-hydrogen) atoms. The van der Waals surface area contributed by atoms with E-state index in [0.717, 1.165) is 19.4 Å². The topological polar surface area (TPSA) is 76.7 Å². The fraction of sp³-hybridized carbons (Fsp3) is 1.00. The van der Waals surface area contributed by atoms with Crippen LogP contribution in [0.2, 0.25) is 0 Å². The van der Waals surface area contributed by atoms with Crippen molar-refractivity contribution < 1.29 is 17.9 Å². The lowest BCUT2D eigenvalue weighted by Crippen LogP contribution is -2.44. The van der Waals surface area contributed by atoms with E-state index >= 15 is 0 Å². The molecule has 1 atom stereocenters. The Morgan fingerprint density at radius 2 is 2.17 bits per heavy atom. The highest BCUT2D eigenvalue weighted by Crippen LogP contribution is 2.10. The lowest BCUT2D eigenvalue weighted by molar-refractivity contribution is 0.0699. The fourth-order valence-corrected chi connectivity index (χ4v) is 3.31. The molecule has 0 amide bonds. The Balaban J connectivity index is 2.09. The van der Waals surface area contributed by atoms with Gasteiger partial charge in [-0.2, -0.15) is 0 Å². The second-order valence-electron chi connectivity index (χ2n) is 4.37. The molecule has 0 aromatic heterocycles. The van der Waals surface area contributed by atoms with Crippen molar-refractivity contribution in [1.29, 1.82) is 0 Å². The highest BCUT2D eigenvalue weighted by Gasteiger charge is 2.26. The summed E-state index contributed by atoms with van der Waals surface area (Å²) in [5.41, 5.74) is 0.